The number of nitrogens with one attached hydrogen (secondary N) is 1. The fourth-order valence-corrected chi connectivity index (χ4v) is 8.95. The maximum atomic E-state index is 14.6. The van der Waals surface area contributed by atoms with Crippen LogP contribution in [0.15, 0.2) is 42.9 Å². The standard InChI is InChI=1S/C35H44FN5O2/c1-20(2)40(21(3)4)34(42)29-17-24(36)7-12-31(29)39-19-30(28-13-14-37-18-32(28)39)23-15-26-10-11-27(16-23)41(26)35(43)33-22-5-8-25(38-33)9-6-22/h7,12-14,17-23,25-27,33,38H,5-6,8-11,15-16H2,1-4H3. The quantitative estimate of drug-likeness (QED) is 0.375. The van der Waals surface area contributed by atoms with Gasteiger partial charge in [0.05, 0.1) is 29.0 Å². The minimum Gasteiger partial charge on any atom is -0.335 e. The molecule has 6 heterocycles. The van der Waals surface area contributed by atoms with Gasteiger partial charge in [-0.15, -0.1) is 0 Å². The lowest BCUT2D eigenvalue weighted by atomic mass is 9.75. The van der Waals surface area contributed by atoms with Gasteiger partial charge in [0.2, 0.25) is 5.91 Å². The number of carbonyl (C=O) groups is 2. The molecule has 0 radical (unpaired) electrons. The molecule has 1 aromatic carbocycles. The van der Waals surface area contributed by atoms with Crippen LogP contribution in [0, 0.1) is 11.7 Å². The van der Waals surface area contributed by atoms with Crippen molar-refractivity contribution in [3.63, 3.8) is 0 Å². The van der Waals surface area contributed by atoms with E-state index in [2.05, 4.69) is 27.5 Å². The van der Waals surface area contributed by atoms with E-state index in [4.69, 9.17) is 0 Å². The Morgan fingerprint density at radius 3 is 2.30 bits per heavy atom. The van der Waals surface area contributed by atoms with Crippen molar-refractivity contribution in [1.82, 2.24) is 24.7 Å². The molecular formula is C35H44FN5O2. The zero-order chi connectivity index (χ0) is 30.0. The highest BCUT2D eigenvalue weighted by atomic mass is 19.1. The lowest BCUT2D eigenvalue weighted by molar-refractivity contribution is -0.142. The predicted octanol–water partition coefficient (Wildman–Crippen LogP) is 6.19. The zero-order valence-electron chi connectivity index (χ0n) is 25.8. The van der Waals surface area contributed by atoms with Gasteiger partial charge in [-0.2, -0.15) is 0 Å². The Morgan fingerprint density at radius 2 is 1.67 bits per heavy atom. The first-order valence-corrected chi connectivity index (χ1v) is 16.4. The lowest BCUT2D eigenvalue weighted by Gasteiger charge is -2.47. The maximum absolute atomic E-state index is 14.6. The van der Waals surface area contributed by atoms with Gasteiger partial charge in [-0.25, -0.2) is 4.39 Å². The Balaban J connectivity index is 1.22. The van der Waals surface area contributed by atoms with Gasteiger partial charge in [-0.05, 0) is 121 Å². The molecule has 3 aromatic rings. The molecule has 1 aliphatic carbocycles. The van der Waals surface area contributed by atoms with Crippen molar-refractivity contribution in [2.75, 3.05) is 0 Å². The molecule has 1 N–H and O–H groups in total. The molecule has 8 rings (SSSR count). The van der Waals surface area contributed by atoms with E-state index in [-0.39, 0.29) is 36.1 Å². The average molecular weight is 586 g/mol. The average Bonchev–Trinajstić information content (AvgIpc) is 3.51. The van der Waals surface area contributed by atoms with Gasteiger partial charge in [-0.3, -0.25) is 14.6 Å². The number of halogens is 1. The molecule has 0 spiro atoms. The van der Waals surface area contributed by atoms with Gasteiger partial charge in [0.15, 0.2) is 0 Å². The van der Waals surface area contributed by atoms with Crippen LogP contribution in [0.5, 0.6) is 0 Å². The number of amides is 2. The fraction of sp³-hybridized carbons (Fsp3) is 0.571. The van der Waals surface area contributed by atoms with Crippen LogP contribution in [0.3, 0.4) is 0 Å². The minimum absolute atomic E-state index is 0.00850. The number of hydrogen-bond acceptors (Lipinski definition) is 4. The lowest BCUT2D eigenvalue weighted by Crippen LogP contribution is -2.61. The van der Waals surface area contributed by atoms with Crippen LogP contribution in [0.4, 0.5) is 4.39 Å². The second-order valence-corrected chi connectivity index (χ2v) is 14.0. The first-order chi connectivity index (χ1) is 20.7. The number of rotatable bonds is 6. The molecule has 8 heteroatoms. The summed E-state index contributed by atoms with van der Waals surface area (Å²) in [6.07, 6.45) is 14.6. The third kappa shape index (κ3) is 4.86. The van der Waals surface area contributed by atoms with Gasteiger partial charge in [0, 0.05) is 48.0 Å². The zero-order valence-corrected chi connectivity index (χ0v) is 25.8. The Bertz CT molecular complexity index is 1520. The molecule has 5 aliphatic rings. The number of nitrogens with zero attached hydrogens (tertiary/aromatic N) is 4. The van der Waals surface area contributed by atoms with Gasteiger partial charge >= 0.3 is 0 Å². The van der Waals surface area contributed by atoms with Crippen LogP contribution >= 0.6 is 0 Å². The molecule has 7 nitrogen and oxygen atoms in total. The largest absolute Gasteiger partial charge is 0.335 e. The molecule has 2 amide bonds. The Labute approximate surface area is 253 Å². The van der Waals surface area contributed by atoms with Crippen molar-refractivity contribution in [2.45, 2.75) is 121 Å². The topological polar surface area (TPSA) is 70.5 Å². The molecule has 3 unspecified atom stereocenters. The van der Waals surface area contributed by atoms with Gasteiger partial charge in [0.25, 0.3) is 5.91 Å². The van der Waals surface area contributed by atoms with E-state index in [0.717, 1.165) is 36.6 Å². The van der Waals surface area contributed by atoms with Crippen molar-refractivity contribution in [3.8, 4) is 5.69 Å². The van der Waals surface area contributed by atoms with Crippen LogP contribution in [-0.2, 0) is 4.79 Å². The van der Waals surface area contributed by atoms with E-state index in [1.165, 1.54) is 43.4 Å². The smallest absolute Gasteiger partial charge is 0.256 e. The maximum Gasteiger partial charge on any atom is 0.256 e. The SMILES string of the molecule is CC(C)N(C(=O)c1cc(F)ccc1-n1cc(C2CC3CCC(C2)N3C(=O)C2NC3CCC2CC3)c2ccncc21)C(C)C. The van der Waals surface area contributed by atoms with E-state index < -0.39 is 5.82 Å². The Kier molecular flexibility index (Phi) is 7.31. The number of pyridine rings is 1. The van der Waals surface area contributed by atoms with E-state index in [1.807, 2.05) is 44.7 Å². The summed E-state index contributed by atoms with van der Waals surface area (Å²) in [4.78, 5) is 36.3. The molecule has 4 bridgehead atoms. The highest BCUT2D eigenvalue weighted by Crippen LogP contribution is 2.47. The summed E-state index contributed by atoms with van der Waals surface area (Å²) in [5.41, 5.74) is 3.15. The highest BCUT2D eigenvalue weighted by Gasteiger charge is 2.49. The van der Waals surface area contributed by atoms with Crippen LogP contribution in [0.25, 0.3) is 16.6 Å². The number of carbonyl (C=O) groups excluding carboxylic acids is 2. The van der Waals surface area contributed by atoms with Gasteiger partial charge in [0.1, 0.15) is 5.82 Å². The molecule has 43 heavy (non-hydrogen) atoms. The molecule has 1 saturated carbocycles. The van der Waals surface area contributed by atoms with E-state index in [9.17, 15) is 14.0 Å². The summed E-state index contributed by atoms with van der Waals surface area (Å²) in [6.45, 7) is 7.96. The third-order valence-electron chi connectivity index (χ3n) is 10.8. The summed E-state index contributed by atoms with van der Waals surface area (Å²) in [7, 11) is 0. The van der Waals surface area contributed by atoms with Crippen molar-refractivity contribution in [3.05, 3.63) is 59.8 Å². The molecular weight excluding hydrogens is 541 g/mol. The normalized spacial score (nSPS) is 28.3. The van der Waals surface area contributed by atoms with Crippen molar-refractivity contribution in [2.24, 2.45) is 5.92 Å². The Hall–Kier alpha value is -3.26. The first kappa shape index (κ1) is 28.5. The number of fused-ring (bicyclic) bond motifs is 6. The van der Waals surface area contributed by atoms with E-state index in [0.29, 0.717) is 35.0 Å². The summed E-state index contributed by atoms with van der Waals surface area (Å²) >= 11 is 0. The fourth-order valence-electron chi connectivity index (χ4n) is 8.95. The molecule has 4 saturated heterocycles. The minimum atomic E-state index is -0.427. The van der Waals surface area contributed by atoms with Crippen molar-refractivity contribution in [1.29, 1.82) is 0 Å². The number of piperidine rings is 3. The van der Waals surface area contributed by atoms with Crippen LogP contribution in [0.1, 0.15) is 101 Å². The monoisotopic (exact) mass is 585 g/mol. The van der Waals surface area contributed by atoms with E-state index >= 15 is 0 Å². The second-order valence-electron chi connectivity index (χ2n) is 14.0. The van der Waals surface area contributed by atoms with Crippen LogP contribution in [0.2, 0.25) is 0 Å². The summed E-state index contributed by atoms with van der Waals surface area (Å²) in [6, 6.07) is 7.54. The molecule has 4 aliphatic heterocycles. The summed E-state index contributed by atoms with van der Waals surface area (Å²) < 4.78 is 16.7. The molecule has 2 aromatic heterocycles. The Morgan fingerprint density at radius 1 is 0.977 bits per heavy atom. The van der Waals surface area contributed by atoms with Crippen LogP contribution < -0.4 is 5.32 Å². The molecule has 5 fully saturated rings. The number of hydrogen-bond donors (Lipinski definition) is 1. The number of aromatic nitrogens is 2. The third-order valence-corrected chi connectivity index (χ3v) is 10.8. The highest BCUT2D eigenvalue weighted by molar-refractivity contribution is 5.99. The van der Waals surface area contributed by atoms with E-state index in [1.54, 1.807) is 11.0 Å². The van der Waals surface area contributed by atoms with Crippen molar-refractivity contribution < 1.29 is 14.0 Å². The van der Waals surface area contributed by atoms with Gasteiger partial charge in [-0.1, -0.05) is 0 Å². The summed E-state index contributed by atoms with van der Waals surface area (Å²) in [5.74, 6) is 0.507. The van der Waals surface area contributed by atoms with Crippen molar-refractivity contribution >= 4 is 22.7 Å². The molecule has 3 atom stereocenters. The van der Waals surface area contributed by atoms with Gasteiger partial charge < -0.3 is 19.7 Å². The number of benzene rings is 1. The summed E-state index contributed by atoms with van der Waals surface area (Å²) in [5, 5.41) is 4.80. The molecule has 228 valence electrons. The predicted molar refractivity (Wildman–Crippen MR) is 166 cm³/mol. The van der Waals surface area contributed by atoms with Crippen LogP contribution in [-0.4, -0.2) is 67.4 Å². The first-order valence-electron chi connectivity index (χ1n) is 16.4. The second kappa shape index (κ2) is 11.0.